The van der Waals surface area contributed by atoms with E-state index >= 15 is 0 Å². The number of aryl methyl sites for hydroxylation is 1. The maximum Gasteiger partial charge on any atom is 0.220 e. The van der Waals surface area contributed by atoms with Gasteiger partial charge in [-0.05, 0) is 37.6 Å². The molecule has 0 atom stereocenters. The summed E-state index contributed by atoms with van der Waals surface area (Å²) in [4.78, 5) is 12.3. The number of nitrogens with two attached hydrogens (primary N) is 1. The van der Waals surface area contributed by atoms with E-state index in [2.05, 4.69) is 20.1 Å². The Kier molecular flexibility index (Phi) is 8.46. The monoisotopic (exact) mass is 377 g/mol. The first-order valence-corrected chi connectivity index (χ1v) is 8.60. The van der Waals surface area contributed by atoms with E-state index in [1.807, 2.05) is 0 Å². The van der Waals surface area contributed by atoms with Crippen LogP contribution in [0.4, 0.5) is 0 Å². The Bertz CT molecular complexity index is 529. The minimum atomic E-state index is 0. The molecule has 0 bridgehead atoms. The number of hydrogen-bond acceptors (Lipinski definition) is 4. The first-order chi connectivity index (χ1) is 10.7. The second-order valence-corrected chi connectivity index (χ2v) is 6.86. The molecule has 3 N–H and O–H groups in total. The third-order valence-electron chi connectivity index (χ3n) is 5.26. The number of aromatic nitrogens is 3. The number of carbonyl (C=O) groups is 1. The molecule has 0 saturated heterocycles. The average Bonchev–Trinajstić information content (AvgIpc) is 2.97. The molecule has 2 heterocycles. The summed E-state index contributed by atoms with van der Waals surface area (Å²) in [6.45, 7) is 2.06. The number of hydrogen-bond donors (Lipinski definition) is 2. The summed E-state index contributed by atoms with van der Waals surface area (Å²) in [5, 5.41) is 11.5. The van der Waals surface area contributed by atoms with Crippen molar-refractivity contribution in [3.63, 3.8) is 0 Å². The lowest BCUT2D eigenvalue weighted by Crippen LogP contribution is -2.38. The SMILES string of the molecule is Cl.Cl.NCC1(CC(=O)NCc2nnc3n2CCCC3)CCCCC1. The van der Waals surface area contributed by atoms with Gasteiger partial charge in [0.05, 0.1) is 6.54 Å². The lowest BCUT2D eigenvalue weighted by atomic mass is 9.71. The molecule has 138 valence electrons. The molecule has 8 heteroatoms. The molecule has 0 aromatic carbocycles. The molecule has 1 aromatic rings. The number of fused-ring (bicyclic) bond motifs is 1. The first-order valence-electron chi connectivity index (χ1n) is 8.60. The van der Waals surface area contributed by atoms with E-state index < -0.39 is 0 Å². The molecule has 24 heavy (non-hydrogen) atoms. The highest BCUT2D eigenvalue weighted by atomic mass is 35.5. The lowest BCUT2D eigenvalue weighted by Gasteiger charge is -2.35. The predicted molar refractivity (Wildman–Crippen MR) is 98.5 cm³/mol. The zero-order chi connectivity index (χ0) is 15.4. The van der Waals surface area contributed by atoms with Crippen molar-refractivity contribution in [3.8, 4) is 0 Å². The molecule has 0 radical (unpaired) electrons. The molecule has 1 aliphatic heterocycles. The van der Waals surface area contributed by atoms with Gasteiger partial charge in [0.15, 0.2) is 5.82 Å². The third kappa shape index (κ3) is 4.83. The van der Waals surface area contributed by atoms with Crippen molar-refractivity contribution in [2.24, 2.45) is 11.1 Å². The molecule has 2 aliphatic rings. The average molecular weight is 378 g/mol. The van der Waals surface area contributed by atoms with Crippen LogP contribution in [0.3, 0.4) is 0 Å². The van der Waals surface area contributed by atoms with E-state index in [9.17, 15) is 4.79 Å². The van der Waals surface area contributed by atoms with Gasteiger partial charge in [-0.1, -0.05) is 19.3 Å². The van der Waals surface area contributed by atoms with E-state index in [0.29, 0.717) is 19.5 Å². The van der Waals surface area contributed by atoms with Crippen LogP contribution in [-0.2, 0) is 24.3 Å². The van der Waals surface area contributed by atoms with Gasteiger partial charge in [0.25, 0.3) is 0 Å². The summed E-state index contributed by atoms with van der Waals surface area (Å²) in [5.74, 6) is 2.04. The highest BCUT2D eigenvalue weighted by Gasteiger charge is 2.33. The zero-order valence-electron chi connectivity index (χ0n) is 14.1. The summed E-state index contributed by atoms with van der Waals surface area (Å²) in [5.41, 5.74) is 5.98. The van der Waals surface area contributed by atoms with Crippen molar-refractivity contribution in [1.82, 2.24) is 20.1 Å². The van der Waals surface area contributed by atoms with Crippen LogP contribution in [0.15, 0.2) is 0 Å². The van der Waals surface area contributed by atoms with Crippen molar-refractivity contribution in [3.05, 3.63) is 11.6 Å². The maximum absolute atomic E-state index is 12.3. The van der Waals surface area contributed by atoms with Crippen LogP contribution in [0.2, 0.25) is 0 Å². The van der Waals surface area contributed by atoms with Gasteiger partial charge in [-0.25, -0.2) is 0 Å². The fourth-order valence-electron chi connectivity index (χ4n) is 3.83. The smallest absolute Gasteiger partial charge is 0.220 e. The Hall–Kier alpha value is -0.850. The molecule has 3 rings (SSSR count). The number of rotatable bonds is 5. The van der Waals surface area contributed by atoms with Gasteiger partial charge < -0.3 is 15.6 Å². The molecule has 1 fully saturated rings. The van der Waals surface area contributed by atoms with Crippen molar-refractivity contribution in [2.75, 3.05) is 6.54 Å². The third-order valence-corrected chi connectivity index (χ3v) is 5.26. The molecule has 1 aliphatic carbocycles. The highest BCUT2D eigenvalue weighted by Crippen LogP contribution is 2.38. The van der Waals surface area contributed by atoms with Crippen molar-refractivity contribution >= 4 is 30.7 Å². The van der Waals surface area contributed by atoms with Crippen LogP contribution in [0.25, 0.3) is 0 Å². The summed E-state index contributed by atoms with van der Waals surface area (Å²) < 4.78 is 2.16. The van der Waals surface area contributed by atoms with Crippen LogP contribution in [-0.4, -0.2) is 27.2 Å². The second-order valence-electron chi connectivity index (χ2n) is 6.86. The van der Waals surface area contributed by atoms with Crippen LogP contribution >= 0.6 is 24.8 Å². The molecular formula is C16H29Cl2N5O. The molecule has 1 aromatic heterocycles. The van der Waals surface area contributed by atoms with Gasteiger partial charge in [-0.15, -0.1) is 35.0 Å². The molecule has 1 saturated carbocycles. The minimum absolute atomic E-state index is 0. The molecule has 1 amide bonds. The van der Waals surface area contributed by atoms with Gasteiger partial charge in [0.2, 0.25) is 5.91 Å². The van der Waals surface area contributed by atoms with Crippen LogP contribution < -0.4 is 11.1 Å². The van der Waals surface area contributed by atoms with Gasteiger partial charge in [-0.3, -0.25) is 4.79 Å². The Labute approximate surface area is 156 Å². The van der Waals surface area contributed by atoms with E-state index in [1.165, 1.54) is 32.1 Å². The van der Waals surface area contributed by atoms with E-state index in [4.69, 9.17) is 5.73 Å². The van der Waals surface area contributed by atoms with Gasteiger partial charge in [0, 0.05) is 19.4 Å². The summed E-state index contributed by atoms with van der Waals surface area (Å²) >= 11 is 0. The van der Waals surface area contributed by atoms with Crippen molar-refractivity contribution < 1.29 is 4.79 Å². The normalized spacial score (nSPS) is 18.7. The Morgan fingerprint density at radius 1 is 1.12 bits per heavy atom. The maximum atomic E-state index is 12.3. The fraction of sp³-hybridized carbons (Fsp3) is 0.812. The van der Waals surface area contributed by atoms with Crippen LogP contribution in [0.5, 0.6) is 0 Å². The predicted octanol–water partition coefficient (Wildman–Crippen LogP) is 2.37. The summed E-state index contributed by atoms with van der Waals surface area (Å²) in [6, 6.07) is 0. The number of halogens is 2. The zero-order valence-corrected chi connectivity index (χ0v) is 15.8. The first kappa shape index (κ1) is 21.2. The van der Waals surface area contributed by atoms with E-state index in [1.54, 1.807) is 0 Å². The Morgan fingerprint density at radius 3 is 2.58 bits per heavy atom. The standard InChI is InChI=1S/C16H27N5O.2ClH/c17-12-16(7-3-1-4-8-16)10-15(22)18-11-14-20-19-13-6-2-5-9-21(13)14;;/h1-12,17H2,(H,18,22);2*1H. The van der Waals surface area contributed by atoms with Crippen LogP contribution in [0, 0.1) is 5.41 Å². The second kappa shape index (κ2) is 9.59. The number of carbonyl (C=O) groups excluding carboxylic acids is 1. The number of nitrogens with zero attached hydrogens (tertiary/aromatic N) is 3. The van der Waals surface area contributed by atoms with Gasteiger partial charge in [-0.2, -0.15) is 0 Å². The minimum Gasteiger partial charge on any atom is -0.349 e. The lowest BCUT2D eigenvalue weighted by molar-refractivity contribution is -0.124. The van der Waals surface area contributed by atoms with E-state index in [0.717, 1.165) is 37.5 Å². The summed E-state index contributed by atoms with van der Waals surface area (Å²) in [7, 11) is 0. The van der Waals surface area contributed by atoms with Gasteiger partial charge in [0.1, 0.15) is 5.82 Å². The van der Waals surface area contributed by atoms with Crippen LogP contribution in [0.1, 0.15) is 63.0 Å². The van der Waals surface area contributed by atoms with Gasteiger partial charge >= 0.3 is 0 Å². The molecule has 0 unspecified atom stereocenters. The summed E-state index contributed by atoms with van der Waals surface area (Å²) in [6.07, 6.45) is 9.72. The van der Waals surface area contributed by atoms with E-state index in [-0.39, 0.29) is 36.1 Å². The number of amides is 1. The molecule has 6 nitrogen and oxygen atoms in total. The fourth-order valence-corrected chi connectivity index (χ4v) is 3.83. The Morgan fingerprint density at radius 2 is 1.88 bits per heavy atom. The highest BCUT2D eigenvalue weighted by molar-refractivity contribution is 5.85. The largest absolute Gasteiger partial charge is 0.349 e. The molecular weight excluding hydrogens is 349 g/mol. The molecule has 0 spiro atoms. The topological polar surface area (TPSA) is 85.8 Å². The van der Waals surface area contributed by atoms with Crippen molar-refractivity contribution in [1.29, 1.82) is 0 Å². The quantitative estimate of drug-likeness (QED) is 0.824. The Balaban J connectivity index is 0.00000144. The van der Waals surface area contributed by atoms with Crippen molar-refractivity contribution in [2.45, 2.75) is 70.9 Å². The number of nitrogens with one attached hydrogen (secondary N) is 1.